The summed E-state index contributed by atoms with van der Waals surface area (Å²) in [6, 6.07) is 17.8. The van der Waals surface area contributed by atoms with Crippen LogP contribution < -0.4 is 10.2 Å². The Morgan fingerprint density at radius 1 is 1.06 bits per heavy atom. The third-order valence-corrected chi connectivity index (χ3v) is 6.28. The van der Waals surface area contributed by atoms with Crippen molar-refractivity contribution < 1.29 is 9.59 Å². The molecule has 0 saturated carbocycles. The van der Waals surface area contributed by atoms with Crippen LogP contribution in [0.5, 0.6) is 0 Å². The van der Waals surface area contributed by atoms with Gasteiger partial charge in [-0.15, -0.1) is 0 Å². The second-order valence-corrected chi connectivity index (χ2v) is 8.50. The van der Waals surface area contributed by atoms with Crippen LogP contribution in [-0.2, 0) is 28.9 Å². The summed E-state index contributed by atoms with van der Waals surface area (Å²) in [5.74, 6) is -0.0460. The van der Waals surface area contributed by atoms with Crippen LogP contribution in [0.3, 0.4) is 0 Å². The summed E-state index contributed by atoms with van der Waals surface area (Å²) in [7, 11) is 0. The number of rotatable bonds is 5. The Balaban J connectivity index is 1.38. The van der Waals surface area contributed by atoms with Crippen LogP contribution in [0.15, 0.2) is 65.8 Å². The Hall–Kier alpha value is -3.80. The highest BCUT2D eigenvalue weighted by atomic mass is 16.2. The highest BCUT2D eigenvalue weighted by Gasteiger charge is 2.28. The summed E-state index contributed by atoms with van der Waals surface area (Å²) < 4.78 is 0. The molecule has 0 spiro atoms. The number of hydrogen-bond acceptors (Lipinski definition) is 4. The maximum Gasteiger partial charge on any atom is 0.244 e. The molecule has 6 heteroatoms. The van der Waals surface area contributed by atoms with Gasteiger partial charge in [0.2, 0.25) is 11.8 Å². The molecular weight excluding hydrogens is 412 g/mol. The first-order valence-electron chi connectivity index (χ1n) is 11.4. The zero-order valence-corrected chi connectivity index (χ0v) is 18.7. The molecule has 0 radical (unpaired) electrons. The van der Waals surface area contributed by atoms with E-state index in [0.29, 0.717) is 17.2 Å². The van der Waals surface area contributed by atoms with Crippen molar-refractivity contribution in [1.82, 2.24) is 4.98 Å². The van der Waals surface area contributed by atoms with Crippen LogP contribution >= 0.6 is 0 Å². The third-order valence-electron chi connectivity index (χ3n) is 6.28. The van der Waals surface area contributed by atoms with Gasteiger partial charge in [0.15, 0.2) is 5.82 Å². The molecule has 1 aliphatic heterocycles. The molecule has 5 rings (SSSR count). The molecule has 3 aromatic rings. The minimum absolute atomic E-state index is 0.105. The Kier molecular flexibility index (Phi) is 5.73. The molecule has 1 aromatic heterocycles. The van der Waals surface area contributed by atoms with Gasteiger partial charge in [-0.1, -0.05) is 37.3 Å². The zero-order valence-electron chi connectivity index (χ0n) is 18.7. The number of aromatic nitrogens is 1. The van der Waals surface area contributed by atoms with Crippen LogP contribution in [0.1, 0.15) is 42.0 Å². The summed E-state index contributed by atoms with van der Waals surface area (Å²) in [6.45, 7) is 1.99. The van der Waals surface area contributed by atoms with E-state index in [-0.39, 0.29) is 24.8 Å². The topological polar surface area (TPSA) is 74.7 Å². The van der Waals surface area contributed by atoms with Gasteiger partial charge in [-0.05, 0) is 72.2 Å². The predicted octanol–water partition coefficient (Wildman–Crippen LogP) is 4.63. The lowest BCUT2D eigenvalue weighted by molar-refractivity contribution is -0.120. The number of nitrogens with zero attached hydrogens (tertiary/aromatic N) is 3. The van der Waals surface area contributed by atoms with E-state index in [0.717, 1.165) is 36.9 Å². The fourth-order valence-electron chi connectivity index (χ4n) is 4.48. The molecule has 0 atom stereocenters. The zero-order chi connectivity index (χ0) is 22.8. The van der Waals surface area contributed by atoms with Crippen molar-refractivity contribution in [3.8, 4) is 0 Å². The van der Waals surface area contributed by atoms with Crippen molar-refractivity contribution in [2.45, 2.75) is 39.0 Å². The Morgan fingerprint density at radius 3 is 2.70 bits per heavy atom. The van der Waals surface area contributed by atoms with Gasteiger partial charge < -0.3 is 5.32 Å². The van der Waals surface area contributed by atoms with Crippen molar-refractivity contribution in [3.63, 3.8) is 0 Å². The molecule has 0 unspecified atom stereocenters. The predicted molar refractivity (Wildman–Crippen MR) is 130 cm³/mol. The molecule has 0 bridgehead atoms. The van der Waals surface area contributed by atoms with Crippen molar-refractivity contribution in [1.29, 1.82) is 0 Å². The second-order valence-electron chi connectivity index (χ2n) is 8.50. The van der Waals surface area contributed by atoms with Crippen molar-refractivity contribution in [2.75, 3.05) is 16.8 Å². The summed E-state index contributed by atoms with van der Waals surface area (Å²) in [4.78, 5) is 36.7. The van der Waals surface area contributed by atoms with E-state index >= 15 is 0 Å². The van der Waals surface area contributed by atoms with Gasteiger partial charge in [-0.25, -0.2) is 9.98 Å². The molecular formula is C27H26N4O2. The van der Waals surface area contributed by atoms with Gasteiger partial charge in [-0.2, -0.15) is 0 Å². The fraction of sp³-hybridized carbons (Fsp3) is 0.259. The lowest BCUT2D eigenvalue weighted by atomic mass is 10.0. The van der Waals surface area contributed by atoms with Gasteiger partial charge in [-0.3, -0.25) is 14.5 Å². The number of pyridine rings is 1. The number of carbonyl (C=O) groups excluding carboxylic acids is 2. The molecule has 6 nitrogen and oxygen atoms in total. The number of anilines is 2. The van der Waals surface area contributed by atoms with Gasteiger partial charge in [0.25, 0.3) is 0 Å². The fourth-order valence-corrected chi connectivity index (χ4v) is 4.48. The van der Waals surface area contributed by atoms with E-state index < -0.39 is 0 Å². The van der Waals surface area contributed by atoms with Gasteiger partial charge >= 0.3 is 0 Å². The van der Waals surface area contributed by atoms with Crippen LogP contribution in [-0.4, -0.2) is 29.1 Å². The van der Waals surface area contributed by atoms with Gasteiger partial charge in [0.1, 0.15) is 12.2 Å². The molecule has 33 heavy (non-hydrogen) atoms. The number of hydrogen-bond donors (Lipinski definition) is 1. The highest BCUT2D eigenvalue weighted by Crippen LogP contribution is 2.31. The lowest BCUT2D eigenvalue weighted by Gasteiger charge is -2.20. The number of benzene rings is 2. The van der Waals surface area contributed by atoms with E-state index in [2.05, 4.69) is 35.4 Å². The minimum Gasteiger partial charge on any atom is -0.325 e. The SMILES string of the molecule is CCc1ccc(C2=Nc3cccnc3N(CC(=O)Nc3ccc4c(c3)CCC4)C(=O)C2)cc1. The lowest BCUT2D eigenvalue weighted by Crippen LogP contribution is -2.39. The molecule has 0 fully saturated rings. The highest BCUT2D eigenvalue weighted by molar-refractivity contribution is 6.18. The van der Waals surface area contributed by atoms with Crippen LogP contribution in [0.4, 0.5) is 17.2 Å². The van der Waals surface area contributed by atoms with Crippen LogP contribution in [0.25, 0.3) is 0 Å². The number of aryl methyl sites for hydroxylation is 3. The standard InChI is InChI=1S/C27H26N4O2/c1-2-18-8-10-20(11-9-18)24-16-26(33)31(27-23(30-24)7-4-14-28-27)17-25(32)29-22-13-12-19-5-3-6-21(19)15-22/h4,7-15H,2-3,5-6,16-17H2,1H3,(H,29,32). The second kappa shape index (κ2) is 8.98. The smallest absolute Gasteiger partial charge is 0.244 e. The average molecular weight is 439 g/mol. The monoisotopic (exact) mass is 438 g/mol. The van der Waals surface area contributed by atoms with Crippen LogP contribution in [0.2, 0.25) is 0 Å². The molecule has 2 aliphatic rings. The third kappa shape index (κ3) is 4.42. The number of amides is 2. The molecule has 2 heterocycles. The summed E-state index contributed by atoms with van der Waals surface area (Å²) in [6.07, 6.45) is 5.96. The summed E-state index contributed by atoms with van der Waals surface area (Å²) in [5, 5.41) is 2.95. The van der Waals surface area contributed by atoms with Crippen LogP contribution in [0, 0.1) is 0 Å². The molecule has 166 valence electrons. The van der Waals surface area contributed by atoms with Crippen molar-refractivity contribution in [3.05, 3.63) is 83.0 Å². The minimum atomic E-state index is -0.256. The molecule has 1 aliphatic carbocycles. The first kappa shape index (κ1) is 21.1. The van der Waals surface area contributed by atoms with Gasteiger partial charge in [0.05, 0.1) is 12.1 Å². The molecule has 2 amide bonds. The van der Waals surface area contributed by atoms with Crippen molar-refractivity contribution in [2.24, 2.45) is 4.99 Å². The van der Waals surface area contributed by atoms with E-state index in [9.17, 15) is 9.59 Å². The number of fused-ring (bicyclic) bond motifs is 2. The number of carbonyl (C=O) groups is 2. The summed E-state index contributed by atoms with van der Waals surface area (Å²) in [5.41, 5.74) is 6.80. The first-order valence-corrected chi connectivity index (χ1v) is 11.4. The van der Waals surface area contributed by atoms with E-state index in [1.54, 1.807) is 12.3 Å². The van der Waals surface area contributed by atoms with E-state index in [4.69, 9.17) is 4.99 Å². The van der Waals surface area contributed by atoms with E-state index in [1.807, 2.05) is 30.3 Å². The Morgan fingerprint density at radius 2 is 1.88 bits per heavy atom. The average Bonchev–Trinajstić information content (AvgIpc) is 3.25. The maximum absolute atomic E-state index is 13.3. The Bertz CT molecular complexity index is 1250. The largest absolute Gasteiger partial charge is 0.325 e. The van der Waals surface area contributed by atoms with Crippen molar-refractivity contribution >= 4 is 34.7 Å². The molecule has 2 aromatic carbocycles. The Labute approximate surface area is 193 Å². The quantitative estimate of drug-likeness (QED) is 0.631. The molecule has 0 saturated heterocycles. The van der Waals surface area contributed by atoms with Gasteiger partial charge in [0, 0.05) is 11.9 Å². The molecule has 1 N–H and O–H groups in total. The maximum atomic E-state index is 13.3. The normalized spacial score (nSPS) is 14.9. The van der Waals surface area contributed by atoms with E-state index in [1.165, 1.54) is 21.6 Å². The first-order chi connectivity index (χ1) is 16.1. The summed E-state index contributed by atoms with van der Waals surface area (Å²) >= 11 is 0. The number of aliphatic imine (C=N–C) groups is 1. The number of nitrogens with one attached hydrogen (secondary N) is 1.